The molecule has 1 spiro atoms. The lowest BCUT2D eigenvalue weighted by atomic mass is 9.58. The van der Waals surface area contributed by atoms with Crippen LogP contribution in [0.3, 0.4) is 0 Å². The van der Waals surface area contributed by atoms with Crippen LogP contribution in [0.1, 0.15) is 24.0 Å². The first-order valence-electron chi connectivity index (χ1n) is 7.70. The number of allylic oxidation sites excluding steroid dienone is 2. The van der Waals surface area contributed by atoms with Crippen LogP contribution in [-0.2, 0) is 10.2 Å². The van der Waals surface area contributed by atoms with Crippen molar-refractivity contribution in [3.63, 3.8) is 0 Å². The molecule has 0 saturated carbocycles. The topological polar surface area (TPSA) is 70.0 Å². The van der Waals surface area contributed by atoms with Crippen LogP contribution in [0.2, 0.25) is 0 Å². The van der Waals surface area contributed by atoms with E-state index in [0.29, 0.717) is 18.7 Å². The van der Waals surface area contributed by atoms with Gasteiger partial charge in [0.15, 0.2) is 17.2 Å². The lowest BCUT2D eigenvalue weighted by molar-refractivity contribution is -0.168. The molecule has 1 aromatic carbocycles. The molecule has 3 aliphatic rings. The Morgan fingerprint density at radius 3 is 2.83 bits per heavy atom. The Labute approximate surface area is 134 Å². The minimum absolute atomic E-state index is 0.0924. The number of rotatable bonds is 1. The van der Waals surface area contributed by atoms with Crippen molar-refractivity contribution < 1.29 is 19.7 Å². The molecule has 1 fully saturated rings. The molecule has 120 valence electrons. The maximum atomic E-state index is 12.4. The molecule has 2 bridgehead atoms. The average molecular weight is 313 g/mol. The molecule has 0 aromatic heterocycles. The summed E-state index contributed by atoms with van der Waals surface area (Å²) in [5.74, 6) is 0.242. The number of hydrogen-bond donors (Lipinski definition) is 2. The summed E-state index contributed by atoms with van der Waals surface area (Å²) in [6.45, 7) is 0.621. The first-order valence-corrected chi connectivity index (χ1v) is 7.70. The van der Waals surface area contributed by atoms with E-state index in [1.165, 1.54) is 7.11 Å². The maximum absolute atomic E-state index is 12.4. The number of nitrogens with zero attached hydrogens (tertiary/aromatic N) is 1. The van der Waals surface area contributed by atoms with Gasteiger partial charge < -0.3 is 14.9 Å². The molecule has 0 amide bonds. The first-order chi connectivity index (χ1) is 10.9. The van der Waals surface area contributed by atoms with Crippen molar-refractivity contribution in [1.29, 1.82) is 0 Å². The van der Waals surface area contributed by atoms with Gasteiger partial charge in [-0.25, -0.2) is 0 Å². The van der Waals surface area contributed by atoms with Gasteiger partial charge in [0.2, 0.25) is 5.78 Å². The van der Waals surface area contributed by atoms with Crippen molar-refractivity contribution in [2.24, 2.45) is 0 Å². The van der Waals surface area contributed by atoms with E-state index in [1.54, 1.807) is 24.1 Å². The van der Waals surface area contributed by atoms with E-state index in [9.17, 15) is 15.0 Å². The molecule has 1 saturated heterocycles. The Morgan fingerprint density at radius 1 is 1.30 bits per heavy atom. The number of piperidine rings is 1. The largest absolute Gasteiger partial charge is 0.504 e. The number of ketones is 1. The van der Waals surface area contributed by atoms with Crippen LogP contribution < -0.4 is 4.74 Å². The zero-order chi connectivity index (χ0) is 16.4. The molecule has 2 aliphatic carbocycles. The summed E-state index contributed by atoms with van der Waals surface area (Å²) < 4.78 is 5.26. The Kier molecular flexibility index (Phi) is 2.81. The van der Waals surface area contributed by atoms with Crippen LogP contribution in [0, 0.1) is 0 Å². The summed E-state index contributed by atoms with van der Waals surface area (Å²) in [7, 11) is 3.30. The first kappa shape index (κ1) is 14.5. The normalized spacial score (nSPS) is 32.1. The van der Waals surface area contributed by atoms with Crippen molar-refractivity contribution in [2.75, 3.05) is 20.7 Å². The zero-order valence-corrected chi connectivity index (χ0v) is 13.2. The quantitative estimate of drug-likeness (QED) is 0.824. The van der Waals surface area contributed by atoms with Gasteiger partial charge in [0, 0.05) is 18.4 Å². The highest BCUT2D eigenvalue weighted by atomic mass is 16.5. The Bertz CT molecular complexity index is 781. The molecule has 1 aliphatic heterocycles. The van der Waals surface area contributed by atoms with E-state index in [4.69, 9.17) is 4.74 Å². The molecule has 5 heteroatoms. The molecule has 23 heavy (non-hydrogen) atoms. The smallest absolute Gasteiger partial charge is 0.202 e. The van der Waals surface area contributed by atoms with Gasteiger partial charge in [-0.3, -0.25) is 9.69 Å². The molecule has 1 aromatic rings. The van der Waals surface area contributed by atoms with Gasteiger partial charge >= 0.3 is 0 Å². The number of methoxy groups -OCH3 is 1. The van der Waals surface area contributed by atoms with E-state index in [1.807, 2.05) is 18.2 Å². The second kappa shape index (κ2) is 4.46. The fourth-order valence-corrected chi connectivity index (χ4v) is 4.18. The van der Waals surface area contributed by atoms with Crippen LogP contribution in [0.4, 0.5) is 0 Å². The number of carbonyl (C=O) groups excluding carboxylic acids is 1. The molecule has 2 atom stereocenters. The van der Waals surface area contributed by atoms with E-state index in [0.717, 1.165) is 23.1 Å². The number of phenolic OH excluding ortho intramolecular Hbond substituents is 1. The van der Waals surface area contributed by atoms with E-state index < -0.39 is 11.1 Å². The third kappa shape index (κ3) is 1.72. The molecule has 2 unspecified atom stereocenters. The number of benzene rings is 1. The summed E-state index contributed by atoms with van der Waals surface area (Å²) in [6, 6.07) is 3.52. The molecular weight excluding hydrogens is 294 g/mol. The predicted molar refractivity (Wildman–Crippen MR) is 85.3 cm³/mol. The van der Waals surface area contributed by atoms with Crippen molar-refractivity contribution in [3.8, 4) is 11.5 Å². The van der Waals surface area contributed by atoms with Crippen LogP contribution in [-0.4, -0.2) is 47.3 Å². The summed E-state index contributed by atoms with van der Waals surface area (Å²) in [4.78, 5) is 14.1. The van der Waals surface area contributed by atoms with Gasteiger partial charge in [0.05, 0.1) is 7.11 Å². The van der Waals surface area contributed by atoms with Gasteiger partial charge in [-0.2, -0.15) is 0 Å². The van der Waals surface area contributed by atoms with Gasteiger partial charge in [0.1, 0.15) is 0 Å². The third-order valence-electron chi connectivity index (χ3n) is 5.60. The molecule has 1 heterocycles. The number of hydrogen-bond acceptors (Lipinski definition) is 5. The third-order valence-corrected chi connectivity index (χ3v) is 5.60. The van der Waals surface area contributed by atoms with E-state index >= 15 is 0 Å². The summed E-state index contributed by atoms with van der Waals surface area (Å²) in [5.41, 5.74) is 0.956. The van der Waals surface area contributed by atoms with Crippen LogP contribution in [0.5, 0.6) is 11.5 Å². The minimum atomic E-state index is -1.46. The highest BCUT2D eigenvalue weighted by Crippen LogP contribution is 2.54. The van der Waals surface area contributed by atoms with Crippen LogP contribution in [0.25, 0.3) is 6.08 Å². The van der Waals surface area contributed by atoms with Crippen molar-refractivity contribution in [3.05, 3.63) is 41.0 Å². The number of aliphatic hydroxyl groups is 1. The highest BCUT2D eigenvalue weighted by Gasteiger charge is 2.56. The lowest BCUT2D eigenvalue weighted by Gasteiger charge is -2.54. The number of likely N-dealkylation sites (N-methyl/N-ethyl adjacent to an activating group) is 1. The number of ether oxygens (including phenoxy) is 1. The average Bonchev–Trinajstić information content (AvgIpc) is 2.53. The SMILES string of the molecule is COc1cc2c(cc1O)C=CC1=CC(=O)C3(O)CC12CCN3C. The van der Waals surface area contributed by atoms with Gasteiger partial charge in [-0.05, 0) is 48.4 Å². The molecule has 5 nitrogen and oxygen atoms in total. The second-order valence-electron chi connectivity index (χ2n) is 6.66. The number of aromatic hydroxyl groups is 1. The van der Waals surface area contributed by atoms with Crippen LogP contribution >= 0.6 is 0 Å². The Hall–Kier alpha value is -2.11. The maximum Gasteiger partial charge on any atom is 0.202 e. The molecule has 0 radical (unpaired) electrons. The summed E-state index contributed by atoms with van der Waals surface area (Å²) >= 11 is 0. The highest BCUT2D eigenvalue weighted by molar-refractivity contribution is 6.00. The van der Waals surface area contributed by atoms with Crippen molar-refractivity contribution in [2.45, 2.75) is 24.0 Å². The number of fused-ring (bicyclic) bond motifs is 2. The van der Waals surface area contributed by atoms with Gasteiger partial charge in [-0.1, -0.05) is 12.2 Å². The number of phenols is 1. The zero-order valence-electron chi connectivity index (χ0n) is 13.2. The standard InChI is InChI=1S/C18H19NO4/c1-19-6-5-17-10-18(19,22)16(21)8-12(17)4-3-11-7-14(20)15(23-2)9-13(11)17/h3-4,7-9,20,22H,5-6,10H2,1-2H3. The Morgan fingerprint density at radius 2 is 2.09 bits per heavy atom. The summed E-state index contributed by atoms with van der Waals surface area (Å²) in [5, 5.41) is 20.9. The molecule has 2 N–H and O–H groups in total. The lowest BCUT2D eigenvalue weighted by Crippen LogP contribution is -2.63. The number of likely N-dealkylation sites (tertiary alicyclic amines) is 1. The van der Waals surface area contributed by atoms with E-state index in [-0.39, 0.29) is 11.5 Å². The van der Waals surface area contributed by atoms with Crippen LogP contribution in [0.15, 0.2) is 29.9 Å². The van der Waals surface area contributed by atoms with E-state index in [2.05, 4.69) is 0 Å². The minimum Gasteiger partial charge on any atom is -0.504 e. The second-order valence-corrected chi connectivity index (χ2v) is 6.66. The fourth-order valence-electron chi connectivity index (χ4n) is 4.18. The van der Waals surface area contributed by atoms with Gasteiger partial charge in [-0.15, -0.1) is 0 Å². The fraction of sp³-hybridized carbons (Fsp3) is 0.389. The molecular formula is C18H19NO4. The monoisotopic (exact) mass is 313 g/mol. The predicted octanol–water partition coefficient (Wildman–Crippen LogP) is 1.59. The van der Waals surface area contributed by atoms with Crippen molar-refractivity contribution >= 4 is 11.9 Å². The summed E-state index contributed by atoms with van der Waals surface area (Å²) in [6.07, 6.45) is 6.53. The van der Waals surface area contributed by atoms with Gasteiger partial charge in [0.25, 0.3) is 0 Å². The molecule has 4 rings (SSSR count). The number of carbonyl (C=O) groups is 1. The Balaban J connectivity index is 1.98. The van der Waals surface area contributed by atoms with Crippen molar-refractivity contribution in [1.82, 2.24) is 4.90 Å².